The third kappa shape index (κ3) is 3.91. The summed E-state index contributed by atoms with van der Waals surface area (Å²) < 4.78 is 15.3. The highest BCUT2D eigenvalue weighted by Gasteiger charge is 2.27. The summed E-state index contributed by atoms with van der Waals surface area (Å²) in [5.41, 5.74) is 2.37. The van der Waals surface area contributed by atoms with Gasteiger partial charge in [0.15, 0.2) is 0 Å². The summed E-state index contributed by atoms with van der Waals surface area (Å²) in [6.45, 7) is 3.91. The number of rotatable bonds is 5. The number of aromatic nitrogens is 2. The average Bonchev–Trinajstić information content (AvgIpc) is 2.80. The molecule has 4 aromatic rings. The molecule has 0 saturated heterocycles. The van der Waals surface area contributed by atoms with Crippen LogP contribution in [-0.2, 0) is 0 Å². The van der Waals surface area contributed by atoms with Crippen molar-refractivity contribution in [2.24, 2.45) is 0 Å². The van der Waals surface area contributed by atoms with Crippen LogP contribution in [0.2, 0.25) is 0 Å². The lowest BCUT2D eigenvalue weighted by molar-refractivity contribution is 0.0716. The summed E-state index contributed by atoms with van der Waals surface area (Å²) in [6.07, 6.45) is 0.522. The monoisotopic (exact) mass is 429 g/mol. The van der Waals surface area contributed by atoms with Crippen LogP contribution in [0, 0.1) is 12.7 Å². The van der Waals surface area contributed by atoms with Crippen molar-refractivity contribution in [2.75, 3.05) is 7.05 Å². The second-order valence-corrected chi connectivity index (χ2v) is 7.81. The van der Waals surface area contributed by atoms with Crippen molar-refractivity contribution in [3.63, 3.8) is 0 Å². The van der Waals surface area contributed by atoms with Crippen molar-refractivity contribution >= 4 is 16.8 Å². The van der Waals surface area contributed by atoms with Gasteiger partial charge in [-0.05, 0) is 55.8 Å². The third-order valence-corrected chi connectivity index (χ3v) is 5.64. The van der Waals surface area contributed by atoms with Gasteiger partial charge in [0.2, 0.25) is 0 Å². The molecule has 1 amide bonds. The zero-order valence-electron chi connectivity index (χ0n) is 18.2. The average molecular weight is 429 g/mol. The molecule has 0 fully saturated rings. The summed E-state index contributed by atoms with van der Waals surface area (Å²) in [7, 11) is 1.65. The minimum absolute atomic E-state index is 0.195. The molecule has 1 heterocycles. The van der Waals surface area contributed by atoms with E-state index in [1.165, 1.54) is 23.1 Å². The molecule has 0 saturated carbocycles. The minimum Gasteiger partial charge on any atom is -0.332 e. The predicted molar refractivity (Wildman–Crippen MR) is 124 cm³/mol. The fourth-order valence-electron chi connectivity index (χ4n) is 3.91. The van der Waals surface area contributed by atoms with Crippen molar-refractivity contribution in [1.82, 2.24) is 14.5 Å². The first-order chi connectivity index (χ1) is 15.4. The number of amides is 1. The first kappa shape index (κ1) is 21.4. The number of fused-ring (bicyclic) bond motifs is 1. The Balaban J connectivity index is 1.91. The number of aryl methyl sites for hydroxylation is 1. The lowest BCUT2D eigenvalue weighted by Crippen LogP contribution is -2.36. The van der Waals surface area contributed by atoms with Gasteiger partial charge in [-0.2, -0.15) is 0 Å². The number of carbonyl (C=O) groups excluding carboxylic acids is 1. The third-order valence-electron chi connectivity index (χ3n) is 5.64. The Bertz CT molecular complexity index is 1350. The maximum absolute atomic E-state index is 13.7. The number of hydrogen-bond donors (Lipinski definition) is 0. The van der Waals surface area contributed by atoms with Crippen LogP contribution in [0.15, 0.2) is 77.6 Å². The molecule has 0 aliphatic heterocycles. The molecule has 162 valence electrons. The van der Waals surface area contributed by atoms with Crippen molar-refractivity contribution in [1.29, 1.82) is 0 Å². The van der Waals surface area contributed by atoms with Crippen LogP contribution in [-0.4, -0.2) is 27.4 Å². The molecule has 0 aliphatic rings. The summed E-state index contributed by atoms with van der Waals surface area (Å²) in [6, 6.07) is 19.9. The Hall–Kier alpha value is -3.80. The SMILES string of the molecule is CCC(c1nc2ccccc2c(=O)n1-c1ccc(C)cc1)N(C)C(=O)c1cccc(F)c1. The Morgan fingerprint density at radius 2 is 1.78 bits per heavy atom. The van der Waals surface area contributed by atoms with E-state index in [-0.39, 0.29) is 17.0 Å². The molecule has 1 atom stereocenters. The lowest BCUT2D eigenvalue weighted by atomic mass is 10.1. The molecular formula is C26H24FN3O2. The zero-order valence-corrected chi connectivity index (χ0v) is 18.2. The largest absolute Gasteiger partial charge is 0.332 e. The highest BCUT2D eigenvalue weighted by atomic mass is 19.1. The molecular weight excluding hydrogens is 405 g/mol. The molecule has 32 heavy (non-hydrogen) atoms. The van der Waals surface area contributed by atoms with Crippen LogP contribution >= 0.6 is 0 Å². The van der Waals surface area contributed by atoms with Gasteiger partial charge >= 0.3 is 0 Å². The highest BCUT2D eigenvalue weighted by molar-refractivity contribution is 5.94. The molecule has 0 aliphatic carbocycles. The van der Waals surface area contributed by atoms with E-state index in [0.29, 0.717) is 28.8 Å². The zero-order chi connectivity index (χ0) is 22.8. The normalized spacial score (nSPS) is 12.0. The van der Waals surface area contributed by atoms with E-state index in [1.54, 1.807) is 29.8 Å². The molecule has 0 radical (unpaired) electrons. The molecule has 4 rings (SSSR count). The van der Waals surface area contributed by atoms with Crippen LogP contribution in [0.5, 0.6) is 0 Å². The van der Waals surface area contributed by atoms with Crippen LogP contribution in [0.4, 0.5) is 4.39 Å². The van der Waals surface area contributed by atoms with E-state index >= 15 is 0 Å². The van der Waals surface area contributed by atoms with E-state index in [2.05, 4.69) is 0 Å². The Kier molecular flexibility index (Phi) is 5.86. The minimum atomic E-state index is -0.496. The van der Waals surface area contributed by atoms with Gasteiger partial charge in [0, 0.05) is 12.6 Å². The van der Waals surface area contributed by atoms with Crippen LogP contribution in [0.25, 0.3) is 16.6 Å². The van der Waals surface area contributed by atoms with Gasteiger partial charge in [0.25, 0.3) is 11.5 Å². The number of carbonyl (C=O) groups is 1. The van der Waals surface area contributed by atoms with E-state index < -0.39 is 11.9 Å². The quantitative estimate of drug-likeness (QED) is 0.446. The first-order valence-corrected chi connectivity index (χ1v) is 10.5. The number of benzene rings is 3. The second kappa shape index (κ2) is 8.75. The number of para-hydroxylation sites is 1. The summed E-state index contributed by atoms with van der Waals surface area (Å²) >= 11 is 0. The smallest absolute Gasteiger partial charge is 0.266 e. The van der Waals surface area contributed by atoms with Crippen molar-refractivity contribution in [3.05, 3.63) is 106 Å². The number of halogens is 1. The Labute approximate surface area is 185 Å². The molecule has 1 unspecified atom stereocenters. The molecule has 5 nitrogen and oxygen atoms in total. The maximum Gasteiger partial charge on any atom is 0.266 e. The highest BCUT2D eigenvalue weighted by Crippen LogP contribution is 2.26. The molecule has 6 heteroatoms. The van der Waals surface area contributed by atoms with Crippen LogP contribution < -0.4 is 5.56 Å². The van der Waals surface area contributed by atoms with Gasteiger partial charge in [0.1, 0.15) is 11.6 Å². The first-order valence-electron chi connectivity index (χ1n) is 10.5. The summed E-state index contributed by atoms with van der Waals surface area (Å²) in [5, 5.41) is 0.505. The summed E-state index contributed by atoms with van der Waals surface area (Å²) in [4.78, 5) is 33.0. The fourth-order valence-corrected chi connectivity index (χ4v) is 3.91. The van der Waals surface area contributed by atoms with Crippen molar-refractivity contribution in [2.45, 2.75) is 26.3 Å². The summed E-state index contributed by atoms with van der Waals surface area (Å²) in [5.74, 6) is -0.348. The predicted octanol–water partition coefficient (Wildman–Crippen LogP) is 5.06. The van der Waals surface area contributed by atoms with Crippen molar-refractivity contribution in [3.8, 4) is 5.69 Å². The van der Waals surface area contributed by atoms with Crippen LogP contribution in [0.3, 0.4) is 0 Å². The standard InChI is InChI=1S/C26H24FN3O2/c1-4-23(29(3)25(31)18-8-7-9-19(27)16-18)24-28-22-11-6-5-10-21(22)26(32)30(24)20-14-12-17(2)13-15-20/h5-16,23H,4H2,1-3H3. The topological polar surface area (TPSA) is 55.2 Å². The van der Waals surface area contributed by atoms with Crippen LogP contribution in [0.1, 0.15) is 41.1 Å². The molecule has 3 aromatic carbocycles. The van der Waals surface area contributed by atoms with Crippen molar-refractivity contribution < 1.29 is 9.18 Å². The number of hydrogen-bond acceptors (Lipinski definition) is 3. The van der Waals surface area contributed by atoms with Gasteiger partial charge in [-0.15, -0.1) is 0 Å². The van der Waals surface area contributed by atoms with Gasteiger partial charge in [-0.3, -0.25) is 14.2 Å². The van der Waals surface area contributed by atoms with Gasteiger partial charge < -0.3 is 4.90 Å². The molecule has 0 bridgehead atoms. The van der Waals surface area contributed by atoms with E-state index in [0.717, 1.165) is 5.56 Å². The van der Waals surface area contributed by atoms with E-state index in [9.17, 15) is 14.0 Å². The number of nitrogens with zero attached hydrogens (tertiary/aromatic N) is 3. The van der Waals surface area contributed by atoms with E-state index in [1.807, 2.05) is 50.2 Å². The second-order valence-electron chi connectivity index (χ2n) is 7.81. The Morgan fingerprint density at radius 3 is 2.47 bits per heavy atom. The van der Waals surface area contributed by atoms with E-state index in [4.69, 9.17) is 4.98 Å². The maximum atomic E-state index is 13.7. The fraction of sp³-hybridized carbons (Fsp3) is 0.192. The molecule has 1 aromatic heterocycles. The molecule has 0 N–H and O–H groups in total. The Morgan fingerprint density at radius 1 is 1.06 bits per heavy atom. The lowest BCUT2D eigenvalue weighted by Gasteiger charge is -2.29. The van der Waals surface area contributed by atoms with Gasteiger partial charge in [-0.25, -0.2) is 9.37 Å². The van der Waals surface area contributed by atoms with Gasteiger partial charge in [0.05, 0.1) is 22.6 Å². The molecule has 0 spiro atoms. The van der Waals surface area contributed by atoms with Gasteiger partial charge in [-0.1, -0.05) is 42.8 Å².